The summed E-state index contributed by atoms with van der Waals surface area (Å²) >= 11 is 0. The zero-order chi connectivity index (χ0) is 11.1. The maximum atomic E-state index is 13.8. The Kier molecular flexibility index (Phi) is 2.32. The first-order valence-corrected chi connectivity index (χ1v) is 5.59. The first-order valence-electron chi connectivity index (χ1n) is 5.59. The number of benzene rings is 1. The van der Waals surface area contributed by atoms with Gasteiger partial charge in [-0.25, -0.2) is 8.78 Å². The predicted molar refractivity (Wildman–Crippen MR) is 55.6 cm³/mol. The fourth-order valence-corrected chi connectivity index (χ4v) is 2.73. The summed E-state index contributed by atoms with van der Waals surface area (Å²) in [7, 11) is 0. The molecule has 0 unspecified atom stereocenters. The molecule has 1 aromatic carbocycles. The van der Waals surface area contributed by atoms with Crippen molar-refractivity contribution in [2.75, 3.05) is 19.7 Å². The minimum atomic E-state index is -0.455. The van der Waals surface area contributed by atoms with Crippen LogP contribution in [-0.4, -0.2) is 19.7 Å². The molecule has 0 spiro atoms. The van der Waals surface area contributed by atoms with E-state index in [0.717, 1.165) is 19.0 Å². The zero-order valence-electron chi connectivity index (χ0n) is 8.80. The van der Waals surface area contributed by atoms with E-state index < -0.39 is 5.82 Å². The number of nitrogens with one attached hydrogen (secondary N) is 1. The Hall–Kier alpha value is -1.16. The van der Waals surface area contributed by atoms with Gasteiger partial charge in [-0.1, -0.05) is 0 Å². The second kappa shape index (κ2) is 3.70. The molecule has 2 atom stereocenters. The molecule has 4 heteroatoms. The zero-order valence-corrected chi connectivity index (χ0v) is 8.80. The van der Waals surface area contributed by atoms with Crippen LogP contribution in [0.15, 0.2) is 12.1 Å². The standard InChI is InChI=1S/C12H13F2NO/c13-9-1-2-10(14)12-11(9)8-6-15-5-7(8)3-4-16-12/h1-2,7-8,15H,3-6H2/t7-,8+/m1/s1. The van der Waals surface area contributed by atoms with E-state index in [0.29, 0.717) is 24.6 Å². The van der Waals surface area contributed by atoms with Crippen LogP contribution in [0.4, 0.5) is 8.78 Å². The van der Waals surface area contributed by atoms with Crippen molar-refractivity contribution in [3.05, 3.63) is 29.3 Å². The first-order chi connectivity index (χ1) is 7.77. The average Bonchev–Trinajstić information content (AvgIpc) is 2.64. The Bertz CT molecular complexity index is 422. The van der Waals surface area contributed by atoms with Gasteiger partial charge in [0.15, 0.2) is 11.6 Å². The van der Waals surface area contributed by atoms with Crippen molar-refractivity contribution >= 4 is 0 Å². The normalized spacial score (nSPS) is 27.9. The number of rotatable bonds is 0. The van der Waals surface area contributed by atoms with Crippen molar-refractivity contribution in [2.45, 2.75) is 12.3 Å². The van der Waals surface area contributed by atoms with Gasteiger partial charge in [0.1, 0.15) is 5.82 Å². The van der Waals surface area contributed by atoms with Gasteiger partial charge in [-0.05, 0) is 31.0 Å². The van der Waals surface area contributed by atoms with Gasteiger partial charge >= 0.3 is 0 Å². The molecule has 2 nitrogen and oxygen atoms in total. The fraction of sp³-hybridized carbons (Fsp3) is 0.500. The molecule has 16 heavy (non-hydrogen) atoms. The molecule has 1 saturated heterocycles. The van der Waals surface area contributed by atoms with Crippen LogP contribution >= 0.6 is 0 Å². The van der Waals surface area contributed by atoms with E-state index in [-0.39, 0.29) is 17.5 Å². The largest absolute Gasteiger partial charge is 0.490 e. The van der Waals surface area contributed by atoms with E-state index >= 15 is 0 Å². The van der Waals surface area contributed by atoms with Crippen LogP contribution in [-0.2, 0) is 0 Å². The molecule has 0 aliphatic carbocycles. The molecule has 0 amide bonds. The van der Waals surface area contributed by atoms with Crippen molar-refractivity contribution in [1.29, 1.82) is 0 Å². The Labute approximate surface area is 92.6 Å². The number of hydrogen-bond acceptors (Lipinski definition) is 2. The molecular weight excluding hydrogens is 212 g/mol. The molecule has 2 aliphatic heterocycles. The lowest BCUT2D eigenvalue weighted by Crippen LogP contribution is -2.11. The fourth-order valence-electron chi connectivity index (χ4n) is 2.73. The molecule has 0 aromatic heterocycles. The SMILES string of the molecule is Fc1ccc(F)c2c1OCC[C@@H]1CNC[C@H]21. The van der Waals surface area contributed by atoms with Gasteiger partial charge in [0, 0.05) is 18.0 Å². The van der Waals surface area contributed by atoms with E-state index in [4.69, 9.17) is 4.74 Å². The molecular formula is C12H13F2NO. The van der Waals surface area contributed by atoms with E-state index in [1.807, 2.05) is 0 Å². The highest BCUT2D eigenvalue weighted by molar-refractivity contribution is 5.41. The maximum absolute atomic E-state index is 13.8. The molecule has 3 rings (SSSR count). The van der Waals surface area contributed by atoms with Crippen molar-refractivity contribution in [2.24, 2.45) is 5.92 Å². The second-order valence-electron chi connectivity index (χ2n) is 4.43. The van der Waals surface area contributed by atoms with E-state index in [1.54, 1.807) is 0 Å². The van der Waals surface area contributed by atoms with Crippen LogP contribution in [0.1, 0.15) is 17.9 Å². The van der Waals surface area contributed by atoms with Crippen LogP contribution in [0, 0.1) is 17.6 Å². The van der Waals surface area contributed by atoms with E-state index in [9.17, 15) is 8.78 Å². The monoisotopic (exact) mass is 225 g/mol. The molecule has 2 heterocycles. The van der Waals surface area contributed by atoms with Crippen molar-refractivity contribution < 1.29 is 13.5 Å². The van der Waals surface area contributed by atoms with Gasteiger partial charge in [0.05, 0.1) is 6.61 Å². The number of fused-ring (bicyclic) bond motifs is 3. The summed E-state index contributed by atoms with van der Waals surface area (Å²) in [6, 6.07) is 2.33. The summed E-state index contributed by atoms with van der Waals surface area (Å²) < 4.78 is 32.7. The van der Waals surface area contributed by atoms with Crippen LogP contribution in [0.3, 0.4) is 0 Å². The number of halogens is 2. The quantitative estimate of drug-likeness (QED) is 0.729. The van der Waals surface area contributed by atoms with Gasteiger partial charge in [-0.15, -0.1) is 0 Å². The minimum Gasteiger partial charge on any atom is -0.490 e. The average molecular weight is 225 g/mol. The summed E-state index contributed by atoms with van der Waals surface area (Å²) in [6.07, 6.45) is 0.852. The Morgan fingerprint density at radius 1 is 1.19 bits per heavy atom. The highest BCUT2D eigenvalue weighted by Crippen LogP contribution is 2.41. The van der Waals surface area contributed by atoms with Crippen molar-refractivity contribution in [1.82, 2.24) is 5.32 Å². The molecule has 1 fully saturated rings. The van der Waals surface area contributed by atoms with Gasteiger partial charge < -0.3 is 10.1 Å². The number of hydrogen-bond donors (Lipinski definition) is 1. The Morgan fingerprint density at radius 2 is 2.00 bits per heavy atom. The molecule has 1 N–H and O–H groups in total. The van der Waals surface area contributed by atoms with Crippen LogP contribution < -0.4 is 10.1 Å². The lowest BCUT2D eigenvalue weighted by molar-refractivity contribution is 0.284. The van der Waals surface area contributed by atoms with Gasteiger partial charge in [0.2, 0.25) is 0 Å². The lowest BCUT2D eigenvalue weighted by Gasteiger charge is -2.16. The van der Waals surface area contributed by atoms with Gasteiger partial charge in [0.25, 0.3) is 0 Å². The maximum Gasteiger partial charge on any atom is 0.165 e. The summed E-state index contributed by atoms with van der Waals surface area (Å²) in [5.41, 5.74) is 0.424. The Balaban J connectivity index is 2.15. The predicted octanol–water partition coefficient (Wildman–Crippen LogP) is 2.05. The molecule has 86 valence electrons. The third-order valence-corrected chi connectivity index (χ3v) is 3.54. The van der Waals surface area contributed by atoms with E-state index in [2.05, 4.69) is 5.32 Å². The second-order valence-corrected chi connectivity index (χ2v) is 4.43. The Morgan fingerprint density at radius 3 is 2.88 bits per heavy atom. The summed E-state index contributed by atoms with van der Waals surface area (Å²) in [6.45, 7) is 2.04. The summed E-state index contributed by atoms with van der Waals surface area (Å²) in [5, 5.41) is 3.23. The van der Waals surface area contributed by atoms with E-state index in [1.165, 1.54) is 6.07 Å². The molecule has 1 aromatic rings. The highest BCUT2D eigenvalue weighted by Gasteiger charge is 2.35. The van der Waals surface area contributed by atoms with Gasteiger partial charge in [-0.2, -0.15) is 0 Å². The minimum absolute atomic E-state index is 0.0493. The van der Waals surface area contributed by atoms with Crippen molar-refractivity contribution in [3.63, 3.8) is 0 Å². The third-order valence-electron chi connectivity index (χ3n) is 3.54. The van der Waals surface area contributed by atoms with Crippen molar-refractivity contribution in [3.8, 4) is 5.75 Å². The lowest BCUT2D eigenvalue weighted by atomic mass is 9.87. The molecule has 2 aliphatic rings. The summed E-state index contributed by atoms with van der Waals surface area (Å²) in [4.78, 5) is 0. The molecule has 0 saturated carbocycles. The highest BCUT2D eigenvalue weighted by atomic mass is 19.1. The number of ether oxygens (including phenoxy) is 1. The molecule has 0 bridgehead atoms. The van der Waals surface area contributed by atoms with Crippen LogP contribution in [0.2, 0.25) is 0 Å². The topological polar surface area (TPSA) is 21.3 Å². The smallest absolute Gasteiger partial charge is 0.165 e. The first kappa shape index (κ1) is 10.0. The molecule has 0 radical (unpaired) electrons. The van der Waals surface area contributed by atoms with Crippen LogP contribution in [0.5, 0.6) is 5.75 Å². The van der Waals surface area contributed by atoms with Gasteiger partial charge in [-0.3, -0.25) is 0 Å². The third kappa shape index (κ3) is 1.40. The van der Waals surface area contributed by atoms with Crippen LogP contribution in [0.25, 0.3) is 0 Å². The summed E-state index contributed by atoms with van der Waals surface area (Å²) in [5.74, 6) is -0.275.